The van der Waals surface area contributed by atoms with Crippen LogP contribution < -0.4 is 0 Å². The number of isocyanates is 1. The summed E-state index contributed by atoms with van der Waals surface area (Å²) < 4.78 is 27.8. The molecule has 1 fully saturated rings. The Morgan fingerprint density at radius 3 is 3.00 bits per heavy atom. The number of aliphatic imine (C=N–C) groups is 1. The Hall–Kier alpha value is -1.50. The zero-order chi connectivity index (χ0) is 13.9. The second-order valence-corrected chi connectivity index (χ2v) is 6.31. The van der Waals surface area contributed by atoms with Gasteiger partial charge in [0.15, 0.2) is 5.03 Å². The van der Waals surface area contributed by atoms with Crippen molar-refractivity contribution in [1.82, 2.24) is 13.9 Å². The minimum Gasteiger partial charge on any atom is -0.336 e. The lowest BCUT2D eigenvalue weighted by atomic mass is 10.1. The van der Waals surface area contributed by atoms with E-state index >= 15 is 0 Å². The van der Waals surface area contributed by atoms with Gasteiger partial charge in [-0.25, -0.2) is 23.2 Å². The molecule has 0 N–H and O–H groups in total. The van der Waals surface area contributed by atoms with Crippen molar-refractivity contribution in [2.24, 2.45) is 4.99 Å². The highest BCUT2D eigenvalue weighted by Gasteiger charge is 2.31. The molecule has 0 amide bonds. The quantitative estimate of drug-likeness (QED) is 0.591. The fourth-order valence-electron chi connectivity index (χ4n) is 2.10. The van der Waals surface area contributed by atoms with E-state index in [4.69, 9.17) is 0 Å². The van der Waals surface area contributed by atoms with Gasteiger partial charge in [-0.2, -0.15) is 4.31 Å². The molecule has 0 radical (unpaired) electrons. The van der Waals surface area contributed by atoms with Crippen molar-refractivity contribution in [2.75, 3.05) is 13.1 Å². The fourth-order valence-corrected chi connectivity index (χ4v) is 3.55. The maximum atomic E-state index is 12.4. The average molecular weight is 284 g/mol. The zero-order valence-corrected chi connectivity index (χ0v) is 11.5. The van der Waals surface area contributed by atoms with Crippen molar-refractivity contribution in [3.8, 4) is 0 Å². The molecule has 0 aliphatic carbocycles. The molecular formula is C11H16N4O3S. The number of rotatable bonds is 4. The van der Waals surface area contributed by atoms with Crippen molar-refractivity contribution in [3.63, 3.8) is 0 Å². The molecule has 8 heteroatoms. The van der Waals surface area contributed by atoms with Crippen molar-refractivity contribution in [1.29, 1.82) is 0 Å². The Morgan fingerprint density at radius 1 is 1.58 bits per heavy atom. The molecule has 104 valence electrons. The van der Waals surface area contributed by atoms with E-state index < -0.39 is 10.0 Å². The fraction of sp³-hybridized carbons (Fsp3) is 0.636. The van der Waals surface area contributed by atoms with Gasteiger partial charge in [-0.3, -0.25) is 0 Å². The summed E-state index contributed by atoms with van der Waals surface area (Å²) in [6.45, 7) is 3.23. The van der Waals surface area contributed by atoms with Crippen LogP contribution in [0.15, 0.2) is 22.5 Å². The van der Waals surface area contributed by atoms with Crippen molar-refractivity contribution in [2.45, 2.75) is 37.4 Å². The predicted molar refractivity (Wildman–Crippen MR) is 67.8 cm³/mol. The number of carbonyl (C=O) groups excluding carboxylic acids is 1. The minimum atomic E-state index is -3.59. The Kier molecular flexibility index (Phi) is 4.14. The third-order valence-electron chi connectivity index (χ3n) is 3.17. The number of piperidine rings is 1. The largest absolute Gasteiger partial charge is 0.336 e. The number of sulfonamides is 1. The molecule has 1 aromatic heterocycles. The summed E-state index contributed by atoms with van der Waals surface area (Å²) in [7, 11) is -3.59. The van der Waals surface area contributed by atoms with Gasteiger partial charge in [0.05, 0.1) is 12.4 Å². The van der Waals surface area contributed by atoms with Crippen LogP contribution in [0, 0.1) is 0 Å². The van der Waals surface area contributed by atoms with E-state index in [-0.39, 0.29) is 17.6 Å². The normalized spacial score (nSPS) is 21.0. The Labute approximate surface area is 112 Å². The van der Waals surface area contributed by atoms with Crippen molar-refractivity contribution >= 4 is 16.1 Å². The number of aromatic nitrogens is 2. The maximum Gasteiger partial charge on any atom is 0.262 e. The topological polar surface area (TPSA) is 84.6 Å². The van der Waals surface area contributed by atoms with Crippen LogP contribution in [0.25, 0.3) is 0 Å². The summed E-state index contributed by atoms with van der Waals surface area (Å²) >= 11 is 0. The molecule has 0 saturated carbocycles. The Morgan fingerprint density at radius 2 is 2.37 bits per heavy atom. The number of hydrogen-bond donors (Lipinski definition) is 0. The molecule has 1 aromatic rings. The number of hydrogen-bond acceptors (Lipinski definition) is 5. The van der Waals surface area contributed by atoms with Gasteiger partial charge < -0.3 is 4.57 Å². The minimum absolute atomic E-state index is 0.0464. The van der Waals surface area contributed by atoms with Crippen LogP contribution in [0.1, 0.15) is 19.8 Å². The van der Waals surface area contributed by atoms with Crippen LogP contribution in [0.4, 0.5) is 0 Å². The number of aryl methyl sites for hydroxylation is 1. The molecule has 1 aliphatic heterocycles. The molecule has 1 unspecified atom stereocenters. The summed E-state index contributed by atoms with van der Waals surface area (Å²) in [4.78, 5) is 17.8. The molecule has 0 spiro atoms. The van der Waals surface area contributed by atoms with Crippen LogP contribution in [0.3, 0.4) is 0 Å². The first-order chi connectivity index (χ1) is 9.07. The lowest BCUT2D eigenvalue weighted by molar-refractivity contribution is 0.316. The number of nitrogens with zero attached hydrogens (tertiary/aromatic N) is 4. The number of imidazole rings is 1. The van der Waals surface area contributed by atoms with Crippen LogP contribution in [0.5, 0.6) is 0 Å². The van der Waals surface area contributed by atoms with Crippen LogP contribution >= 0.6 is 0 Å². The molecule has 19 heavy (non-hydrogen) atoms. The highest BCUT2D eigenvalue weighted by atomic mass is 32.2. The van der Waals surface area contributed by atoms with Crippen molar-refractivity contribution < 1.29 is 13.2 Å². The first kappa shape index (κ1) is 13.9. The third-order valence-corrected chi connectivity index (χ3v) is 4.92. The van der Waals surface area contributed by atoms with Crippen LogP contribution in [-0.4, -0.2) is 47.5 Å². The molecule has 2 heterocycles. The van der Waals surface area contributed by atoms with Gasteiger partial charge >= 0.3 is 0 Å². The van der Waals surface area contributed by atoms with Gasteiger partial charge in [0.2, 0.25) is 6.08 Å². The molecular weight excluding hydrogens is 268 g/mol. The molecule has 7 nitrogen and oxygen atoms in total. The molecule has 1 aliphatic rings. The zero-order valence-electron chi connectivity index (χ0n) is 10.7. The van der Waals surface area contributed by atoms with E-state index in [9.17, 15) is 13.2 Å². The van der Waals surface area contributed by atoms with E-state index in [1.807, 2.05) is 6.92 Å². The van der Waals surface area contributed by atoms with Gasteiger partial charge in [-0.05, 0) is 19.8 Å². The summed E-state index contributed by atoms with van der Waals surface area (Å²) in [5.74, 6) is 0. The van der Waals surface area contributed by atoms with Gasteiger partial charge in [0, 0.05) is 25.8 Å². The summed E-state index contributed by atoms with van der Waals surface area (Å²) in [6, 6.07) is -0.297. The van der Waals surface area contributed by atoms with Gasteiger partial charge in [0.1, 0.15) is 0 Å². The molecule has 1 atom stereocenters. The standard InChI is InChI=1S/C11H16N4O3S/c1-2-14-7-11(12-8-14)19(17,18)15-5-3-4-10(6-15)13-9-16/h7-8,10H,2-6H2,1H3. The van der Waals surface area contributed by atoms with E-state index in [0.717, 1.165) is 0 Å². The third kappa shape index (κ3) is 2.91. The van der Waals surface area contributed by atoms with Crippen LogP contribution in [-0.2, 0) is 21.4 Å². The lowest BCUT2D eigenvalue weighted by Crippen LogP contribution is -2.41. The van der Waals surface area contributed by atoms with Crippen LogP contribution in [0.2, 0.25) is 0 Å². The second kappa shape index (κ2) is 5.64. The SMILES string of the molecule is CCn1cnc(S(=O)(=O)N2CCCC(N=C=O)C2)c1. The van der Waals surface area contributed by atoms with Gasteiger partial charge in [0.25, 0.3) is 10.0 Å². The first-order valence-corrected chi connectivity index (χ1v) is 7.61. The highest BCUT2D eigenvalue weighted by Crippen LogP contribution is 2.20. The highest BCUT2D eigenvalue weighted by molar-refractivity contribution is 7.89. The molecule has 0 bridgehead atoms. The Balaban J connectivity index is 2.21. The predicted octanol–water partition coefficient (Wildman–Crippen LogP) is 0.392. The van der Waals surface area contributed by atoms with E-state index in [0.29, 0.717) is 25.9 Å². The van der Waals surface area contributed by atoms with E-state index in [1.165, 1.54) is 22.9 Å². The molecule has 2 rings (SSSR count). The summed E-state index contributed by atoms with van der Waals surface area (Å²) in [5, 5.41) is 0.0464. The first-order valence-electron chi connectivity index (χ1n) is 6.17. The monoisotopic (exact) mass is 284 g/mol. The second-order valence-electron chi connectivity index (χ2n) is 4.42. The smallest absolute Gasteiger partial charge is 0.262 e. The average Bonchev–Trinajstić information content (AvgIpc) is 2.89. The summed E-state index contributed by atoms with van der Waals surface area (Å²) in [6.07, 6.45) is 5.91. The van der Waals surface area contributed by atoms with E-state index in [1.54, 1.807) is 4.57 Å². The van der Waals surface area contributed by atoms with E-state index in [2.05, 4.69) is 9.98 Å². The van der Waals surface area contributed by atoms with Crippen molar-refractivity contribution in [3.05, 3.63) is 12.5 Å². The summed E-state index contributed by atoms with van der Waals surface area (Å²) in [5.41, 5.74) is 0. The lowest BCUT2D eigenvalue weighted by Gasteiger charge is -2.28. The molecule has 0 aromatic carbocycles. The van der Waals surface area contributed by atoms with Gasteiger partial charge in [-0.1, -0.05) is 0 Å². The molecule has 1 saturated heterocycles. The maximum absolute atomic E-state index is 12.4. The Bertz CT molecular complexity index is 589. The van der Waals surface area contributed by atoms with Gasteiger partial charge in [-0.15, -0.1) is 0 Å².